The number of nitrogens with one attached hydrogen (secondary N) is 1. The van der Waals surface area contributed by atoms with E-state index in [1.165, 1.54) is 0 Å². The SMILES string of the molecule is NCC1CCN(C(=O)COc2cccc(NC(=O)C3CC3)c2)C1. The Labute approximate surface area is 136 Å². The van der Waals surface area contributed by atoms with E-state index in [1.807, 2.05) is 12.1 Å². The maximum absolute atomic E-state index is 12.1. The molecule has 23 heavy (non-hydrogen) atoms. The van der Waals surface area contributed by atoms with Crippen LogP contribution in [0.15, 0.2) is 24.3 Å². The van der Waals surface area contributed by atoms with Crippen LogP contribution >= 0.6 is 0 Å². The number of carbonyl (C=O) groups is 2. The van der Waals surface area contributed by atoms with Gasteiger partial charge in [-0.3, -0.25) is 9.59 Å². The molecule has 1 aromatic carbocycles. The molecule has 0 aromatic heterocycles. The number of anilines is 1. The molecule has 2 fully saturated rings. The van der Waals surface area contributed by atoms with Gasteiger partial charge in [0, 0.05) is 30.8 Å². The van der Waals surface area contributed by atoms with Crippen molar-refractivity contribution in [2.45, 2.75) is 19.3 Å². The number of nitrogens with two attached hydrogens (primary N) is 1. The van der Waals surface area contributed by atoms with Gasteiger partial charge in [0.05, 0.1) is 0 Å². The van der Waals surface area contributed by atoms with Crippen molar-refractivity contribution in [3.63, 3.8) is 0 Å². The summed E-state index contributed by atoms with van der Waals surface area (Å²) < 4.78 is 5.57. The fraction of sp³-hybridized carbons (Fsp3) is 0.529. The zero-order chi connectivity index (χ0) is 16.2. The Balaban J connectivity index is 1.49. The summed E-state index contributed by atoms with van der Waals surface area (Å²) in [4.78, 5) is 25.7. The van der Waals surface area contributed by atoms with Gasteiger partial charge in [-0.2, -0.15) is 0 Å². The summed E-state index contributed by atoms with van der Waals surface area (Å²) in [6, 6.07) is 7.16. The van der Waals surface area contributed by atoms with Crippen LogP contribution in [0.4, 0.5) is 5.69 Å². The van der Waals surface area contributed by atoms with Crippen molar-refractivity contribution in [2.24, 2.45) is 17.6 Å². The molecular formula is C17H23N3O3. The minimum Gasteiger partial charge on any atom is -0.484 e. The standard InChI is InChI=1S/C17H23N3O3/c18-9-12-6-7-20(10-12)16(21)11-23-15-3-1-2-14(8-15)19-17(22)13-4-5-13/h1-3,8,12-13H,4-7,9-11,18H2,(H,19,22). The number of benzene rings is 1. The second-order valence-corrected chi connectivity index (χ2v) is 6.31. The molecule has 6 nitrogen and oxygen atoms in total. The van der Waals surface area contributed by atoms with Gasteiger partial charge >= 0.3 is 0 Å². The molecule has 1 saturated carbocycles. The van der Waals surface area contributed by atoms with E-state index in [0.29, 0.717) is 23.9 Å². The first-order valence-corrected chi connectivity index (χ1v) is 8.17. The first-order chi connectivity index (χ1) is 11.2. The second kappa shape index (κ2) is 7.00. The van der Waals surface area contributed by atoms with Gasteiger partial charge in [0.25, 0.3) is 5.91 Å². The Morgan fingerprint density at radius 2 is 2.13 bits per heavy atom. The molecule has 124 valence electrons. The van der Waals surface area contributed by atoms with Crippen LogP contribution in [0.25, 0.3) is 0 Å². The van der Waals surface area contributed by atoms with Gasteiger partial charge in [0.2, 0.25) is 5.91 Å². The summed E-state index contributed by atoms with van der Waals surface area (Å²) in [5.74, 6) is 1.18. The number of hydrogen-bond acceptors (Lipinski definition) is 4. The molecule has 2 amide bonds. The predicted molar refractivity (Wildman–Crippen MR) is 87.0 cm³/mol. The summed E-state index contributed by atoms with van der Waals surface area (Å²) in [5.41, 5.74) is 6.34. The zero-order valence-electron chi connectivity index (χ0n) is 13.2. The van der Waals surface area contributed by atoms with Crippen molar-refractivity contribution >= 4 is 17.5 Å². The Kier molecular flexibility index (Phi) is 4.81. The quantitative estimate of drug-likeness (QED) is 0.826. The Morgan fingerprint density at radius 1 is 1.30 bits per heavy atom. The average Bonchev–Trinajstić information content (AvgIpc) is 3.30. The molecule has 1 aliphatic heterocycles. The van der Waals surface area contributed by atoms with Crippen molar-refractivity contribution in [3.05, 3.63) is 24.3 Å². The van der Waals surface area contributed by atoms with Gasteiger partial charge < -0.3 is 20.7 Å². The molecule has 1 atom stereocenters. The molecule has 1 saturated heterocycles. The van der Waals surface area contributed by atoms with Crippen LogP contribution in [0.5, 0.6) is 5.75 Å². The highest BCUT2D eigenvalue weighted by Crippen LogP contribution is 2.30. The van der Waals surface area contributed by atoms with E-state index >= 15 is 0 Å². The second-order valence-electron chi connectivity index (χ2n) is 6.31. The van der Waals surface area contributed by atoms with Crippen molar-refractivity contribution in [1.29, 1.82) is 0 Å². The summed E-state index contributed by atoms with van der Waals surface area (Å²) in [6.07, 6.45) is 2.90. The van der Waals surface area contributed by atoms with Crippen molar-refractivity contribution in [1.82, 2.24) is 4.90 Å². The first-order valence-electron chi connectivity index (χ1n) is 8.17. The van der Waals surface area contributed by atoms with E-state index < -0.39 is 0 Å². The molecule has 3 N–H and O–H groups in total. The number of amides is 2. The molecule has 1 aromatic rings. The fourth-order valence-corrected chi connectivity index (χ4v) is 2.74. The lowest BCUT2D eigenvalue weighted by molar-refractivity contribution is -0.132. The lowest BCUT2D eigenvalue weighted by Crippen LogP contribution is -2.33. The Bertz CT molecular complexity index is 586. The molecule has 1 unspecified atom stereocenters. The highest BCUT2D eigenvalue weighted by molar-refractivity contribution is 5.94. The maximum atomic E-state index is 12.1. The van der Waals surface area contributed by atoms with E-state index in [-0.39, 0.29) is 24.3 Å². The molecule has 0 bridgehead atoms. The molecule has 3 rings (SSSR count). The molecule has 2 aliphatic rings. The van der Waals surface area contributed by atoms with Crippen LogP contribution < -0.4 is 15.8 Å². The highest BCUT2D eigenvalue weighted by atomic mass is 16.5. The average molecular weight is 317 g/mol. The number of nitrogens with zero attached hydrogens (tertiary/aromatic N) is 1. The minimum absolute atomic E-state index is 0.0112. The molecular weight excluding hydrogens is 294 g/mol. The van der Waals surface area contributed by atoms with Crippen molar-refractivity contribution < 1.29 is 14.3 Å². The van der Waals surface area contributed by atoms with Gasteiger partial charge in [-0.1, -0.05) is 6.07 Å². The fourth-order valence-electron chi connectivity index (χ4n) is 2.74. The molecule has 1 heterocycles. The van der Waals surface area contributed by atoms with E-state index in [1.54, 1.807) is 17.0 Å². The summed E-state index contributed by atoms with van der Waals surface area (Å²) in [5, 5.41) is 2.87. The van der Waals surface area contributed by atoms with E-state index in [0.717, 1.165) is 32.4 Å². The first kappa shape index (κ1) is 15.8. The maximum Gasteiger partial charge on any atom is 0.260 e. The minimum atomic E-state index is -0.0200. The number of ether oxygens (including phenoxy) is 1. The van der Waals surface area contributed by atoms with Crippen LogP contribution in [0.2, 0.25) is 0 Å². The van der Waals surface area contributed by atoms with Crippen LogP contribution in [0.3, 0.4) is 0 Å². The van der Waals surface area contributed by atoms with Crippen LogP contribution in [0, 0.1) is 11.8 Å². The van der Waals surface area contributed by atoms with E-state index in [9.17, 15) is 9.59 Å². The smallest absolute Gasteiger partial charge is 0.260 e. The van der Waals surface area contributed by atoms with Gasteiger partial charge in [-0.05, 0) is 43.9 Å². The number of hydrogen-bond donors (Lipinski definition) is 2. The summed E-state index contributed by atoms with van der Waals surface area (Å²) >= 11 is 0. The lowest BCUT2D eigenvalue weighted by Gasteiger charge is -2.16. The number of likely N-dealkylation sites (tertiary alicyclic amines) is 1. The zero-order valence-corrected chi connectivity index (χ0v) is 13.2. The molecule has 1 aliphatic carbocycles. The largest absolute Gasteiger partial charge is 0.484 e. The third-order valence-corrected chi connectivity index (χ3v) is 4.38. The third-order valence-electron chi connectivity index (χ3n) is 4.38. The lowest BCUT2D eigenvalue weighted by atomic mass is 10.1. The number of rotatable bonds is 6. The van der Waals surface area contributed by atoms with Crippen LogP contribution in [-0.4, -0.2) is 43.0 Å². The summed E-state index contributed by atoms with van der Waals surface area (Å²) in [7, 11) is 0. The number of carbonyl (C=O) groups excluding carboxylic acids is 2. The van der Waals surface area contributed by atoms with Gasteiger partial charge in [-0.15, -0.1) is 0 Å². The highest BCUT2D eigenvalue weighted by Gasteiger charge is 2.29. The summed E-state index contributed by atoms with van der Waals surface area (Å²) in [6.45, 7) is 2.10. The van der Waals surface area contributed by atoms with Crippen LogP contribution in [0.1, 0.15) is 19.3 Å². The topological polar surface area (TPSA) is 84.7 Å². The van der Waals surface area contributed by atoms with Crippen molar-refractivity contribution in [2.75, 3.05) is 31.6 Å². The van der Waals surface area contributed by atoms with Crippen LogP contribution in [-0.2, 0) is 9.59 Å². The normalized spacial score (nSPS) is 20.4. The molecule has 0 spiro atoms. The van der Waals surface area contributed by atoms with Gasteiger partial charge in [0.15, 0.2) is 6.61 Å². The third kappa shape index (κ3) is 4.22. The molecule has 0 radical (unpaired) electrons. The molecule has 6 heteroatoms. The monoisotopic (exact) mass is 317 g/mol. The van der Waals surface area contributed by atoms with E-state index in [2.05, 4.69) is 5.32 Å². The van der Waals surface area contributed by atoms with Gasteiger partial charge in [0.1, 0.15) is 5.75 Å². The Hall–Kier alpha value is -2.08. The predicted octanol–water partition coefficient (Wildman–Crippen LogP) is 1.22. The van der Waals surface area contributed by atoms with E-state index in [4.69, 9.17) is 10.5 Å². The van der Waals surface area contributed by atoms with Crippen molar-refractivity contribution in [3.8, 4) is 5.75 Å². The van der Waals surface area contributed by atoms with Gasteiger partial charge in [-0.25, -0.2) is 0 Å². The Morgan fingerprint density at radius 3 is 2.83 bits per heavy atom.